The second-order valence-electron chi connectivity index (χ2n) is 5.77. The molecule has 124 valence electrons. The van der Waals surface area contributed by atoms with Crippen molar-refractivity contribution in [3.8, 4) is 0 Å². The Bertz CT molecular complexity index is 530. The van der Waals surface area contributed by atoms with Crippen molar-refractivity contribution >= 4 is 18.3 Å². The molecule has 1 fully saturated rings. The van der Waals surface area contributed by atoms with Gasteiger partial charge >= 0.3 is 0 Å². The van der Waals surface area contributed by atoms with Crippen LogP contribution in [0.25, 0.3) is 0 Å². The first-order chi connectivity index (χ1) is 10.2. The lowest BCUT2D eigenvalue weighted by Crippen LogP contribution is -2.43. The summed E-state index contributed by atoms with van der Waals surface area (Å²) in [7, 11) is 1.83. The summed E-state index contributed by atoms with van der Waals surface area (Å²) in [6.45, 7) is 3.18. The summed E-state index contributed by atoms with van der Waals surface area (Å²) < 4.78 is 7.34. The monoisotopic (exact) mass is 330 g/mol. The number of amides is 1. The Labute approximate surface area is 136 Å². The second kappa shape index (κ2) is 6.95. The molecule has 0 unspecified atom stereocenters. The lowest BCUT2D eigenvalue weighted by molar-refractivity contribution is 0.0325. The summed E-state index contributed by atoms with van der Waals surface area (Å²) in [5.41, 5.74) is 1.44. The molecule has 0 atom stereocenters. The smallest absolute Gasteiger partial charge is 0.257 e. The van der Waals surface area contributed by atoms with E-state index < -0.39 is 0 Å². The molecule has 1 aliphatic carbocycles. The van der Waals surface area contributed by atoms with E-state index in [9.17, 15) is 4.79 Å². The topological polar surface area (TPSA) is 79.6 Å². The number of halogens is 1. The molecule has 8 heteroatoms. The SMILES string of the molecule is CN(C(=O)c1cnn2c1CNCC2)C1(COCCO)CC1.Cl. The number of rotatable bonds is 6. The van der Waals surface area contributed by atoms with Crippen LogP contribution in [-0.2, 0) is 17.8 Å². The quantitative estimate of drug-likeness (QED) is 0.719. The van der Waals surface area contributed by atoms with Gasteiger partial charge in [-0.05, 0) is 12.8 Å². The van der Waals surface area contributed by atoms with Crippen LogP contribution in [0.5, 0.6) is 0 Å². The van der Waals surface area contributed by atoms with Crippen molar-refractivity contribution < 1.29 is 14.6 Å². The van der Waals surface area contributed by atoms with Crippen molar-refractivity contribution in [2.75, 3.05) is 33.4 Å². The van der Waals surface area contributed by atoms with Crippen LogP contribution in [0.3, 0.4) is 0 Å². The van der Waals surface area contributed by atoms with Crippen LogP contribution in [0.4, 0.5) is 0 Å². The number of aliphatic hydroxyl groups excluding tert-OH is 1. The van der Waals surface area contributed by atoms with Crippen molar-refractivity contribution in [1.82, 2.24) is 20.0 Å². The van der Waals surface area contributed by atoms with E-state index in [1.165, 1.54) is 0 Å². The number of likely N-dealkylation sites (N-methyl/N-ethyl adjacent to an activating group) is 1. The molecule has 2 N–H and O–H groups in total. The number of nitrogens with zero attached hydrogens (tertiary/aromatic N) is 3. The molecule has 2 aliphatic rings. The highest BCUT2D eigenvalue weighted by Gasteiger charge is 2.49. The summed E-state index contributed by atoms with van der Waals surface area (Å²) in [6.07, 6.45) is 3.57. The summed E-state index contributed by atoms with van der Waals surface area (Å²) in [5, 5.41) is 16.4. The van der Waals surface area contributed by atoms with Crippen LogP contribution in [-0.4, -0.2) is 64.6 Å². The fourth-order valence-electron chi connectivity index (χ4n) is 2.80. The first-order valence-corrected chi connectivity index (χ1v) is 7.40. The van der Waals surface area contributed by atoms with E-state index in [1.807, 2.05) is 11.7 Å². The molecule has 1 aliphatic heterocycles. The van der Waals surface area contributed by atoms with Gasteiger partial charge in [-0.1, -0.05) is 0 Å². The van der Waals surface area contributed by atoms with Gasteiger partial charge in [0.15, 0.2) is 0 Å². The maximum Gasteiger partial charge on any atom is 0.257 e. The van der Waals surface area contributed by atoms with Gasteiger partial charge in [0, 0.05) is 20.1 Å². The fourth-order valence-corrected chi connectivity index (χ4v) is 2.80. The molecule has 1 amide bonds. The molecule has 7 nitrogen and oxygen atoms in total. The summed E-state index contributed by atoms with van der Waals surface area (Å²) in [6, 6.07) is 0. The average molecular weight is 331 g/mol. The minimum Gasteiger partial charge on any atom is -0.394 e. The van der Waals surface area contributed by atoms with Gasteiger partial charge in [0.05, 0.1) is 49.4 Å². The number of hydrogen-bond acceptors (Lipinski definition) is 5. The molecule has 1 aromatic rings. The van der Waals surface area contributed by atoms with E-state index in [-0.39, 0.29) is 30.5 Å². The number of carbonyl (C=O) groups is 1. The molecule has 0 aromatic carbocycles. The molecule has 1 saturated carbocycles. The van der Waals surface area contributed by atoms with E-state index in [2.05, 4.69) is 10.4 Å². The Balaban J connectivity index is 0.00000176. The predicted molar refractivity (Wildman–Crippen MR) is 83.1 cm³/mol. The third-order valence-electron chi connectivity index (χ3n) is 4.42. The van der Waals surface area contributed by atoms with Crippen molar-refractivity contribution in [2.24, 2.45) is 0 Å². The van der Waals surface area contributed by atoms with Gasteiger partial charge in [-0.25, -0.2) is 0 Å². The largest absolute Gasteiger partial charge is 0.394 e. The summed E-state index contributed by atoms with van der Waals surface area (Å²) in [5.74, 6) is 0.00467. The molecule has 22 heavy (non-hydrogen) atoms. The minimum absolute atomic E-state index is 0. The van der Waals surface area contributed by atoms with E-state index in [0.29, 0.717) is 25.3 Å². The lowest BCUT2D eigenvalue weighted by atomic mass is 10.1. The van der Waals surface area contributed by atoms with Crippen LogP contribution >= 0.6 is 12.4 Å². The first kappa shape index (κ1) is 17.2. The van der Waals surface area contributed by atoms with Crippen molar-refractivity contribution in [2.45, 2.75) is 31.5 Å². The van der Waals surface area contributed by atoms with E-state index >= 15 is 0 Å². The van der Waals surface area contributed by atoms with Crippen LogP contribution in [0, 0.1) is 0 Å². The van der Waals surface area contributed by atoms with Crippen LogP contribution in [0.1, 0.15) is 28.9 Å². The number of ether oxygens (including phenoxy) is 1. The zero-order chi connectivity index (χ0) is 14.9. The maximum absolute atomic E-state index is 12.7. The zero-order valence-corrected chi connectivity index (χ0v) is 13.6. The van der Waals surface area contributed by atoms with Gasteiger partial charge in [-0.2, -0.15) is 5.10 Å². The lowest BCUT2D eigenvalue weighted by Gasteiger charge is -2.28. The average Bonchev–Trinajstić information content (AvgIpc) is 3.17. The molecule has 0 radical (unpaired) electrons. The van der Waals surface area contributed by atoms with E-state index in [4.69, 9.17) is 9.84 Å². The third kappa shape index (κ3) is 3.12. The highest BCUT2D eigenvalue weighted by atomic mass is 35.5. The fraction of sp³-hybridized carbons (Fsp3) is 0.714. The first-order valence-electron chi connectivity index (χ1n) is 7.40. The van der Waals surface area contributed by atoms with Gasteiger partial charge in [-0.3, -0.25) is 9.48 Å². The van der Waals surface area contributed by atoms with Crippen LogP contribution < -0.4 is 5.32 Å². The number of fused-ring (bicyclic) bond motifs is 1. The van der Waals surface area contributed by atoms with Crippen LogP contribution in [0.2, 0.25) is 0 Å². The summed E-state index contributed by atoms with van der Waals surface area (Å²) >= 11 is 0. The second-order valence-corrected chi connectivity index (χ2v) is 5.77. The number of nitrogens with one attached hydrogen (secondary N) is 1. The molecular formula is C14H23ClN4O3. The van der Waals surface area contributed by atoms with Gasteiger partial charge < -0.3 is 20.1 Å². The Morgan fingerprint density at radius 2 is 2.36 bits per heavy atom. The van der Waals surface area contributed by atoms with Gasteiger partial charge in [0.2, 0.25) is 0 Å². The molecule has 0 bridgehead atoms. The molecule has 0 spiro atoms. The van der Waals surface area contributed by atoms with Crippen molar-refractivity contribution in [3.63, 3.8) is 0 Å². The predicted octanol–water partition coefficient (Wildman–Crippen LogP) is 0.0216. The van der Waals surface area contributed by atoms with Gasteiger partial charge in [0.1, 0.15) is 0 Å². The Morgan fingerprint density at radius 1 is 1.59 bits per heavy atom. The molecular weight excluding hydrogens is 308 g/mol. The Kier molecular flexibility index (Phi) is 5.44. The van der Waals surface area contributed by atoms with E-state index in [1.54, 1.807) is 11.1 Å². The molecule has 3 rings (SSSR count). The Morgan fingerprint density at radius 3 is 3.05 bits per heavy atom. The third-order valence-corrected chi connectivity index (χ3v) is 4.42. The summed E-state index contributed by atoms with van der Waals surface area (Å²) in [4.78, 5) is 14.5. The minimum atomic E-state index is -0.205. The van der Waals surface area contributed by atoms with E-state index in [0.717, 1.165) is 31.6 Å². The zero-order valence-electron chi connectivity index (χ0n) is 12.7. The molecule has 1 aromatic heterocycles. The molecule has 2 heterocycles. The maximum atomic E-state index is 12.7. The van der Waals surface area contributed by atoms with Crippen molar-refractivity contribution in [3.05, 3.63) is 17.5 Å². The highest BCUT2D eigenvalue weighted by Crippen LogP contribution is 2.42. The highest BCUT2D eigenvalue weighted by molar-refractivity contribution is 5.95. The van der Waals surface area contributed by atoms with Gasteiger partial charge in [-0.15, -0.1) is 12.4 Å². The number of carbonyl (C=O) groups excluding carboxylic acids is 1. The van der Waals surface area contributed by atoms with Gasteiger partial charge in [0.25, 0.3) is 5.91 Å². The number of hydrogen-bond donors (Lipinski definition) is 2. The number of aliphatic hydroxyl groups is 1. The van der Waals surface area contributed by atoms with Crippen LogP contribution in [0.15, 0.2) is 6.20 Å². The number of aromatic nitrogens is 2. The standard InChI is InChI=1S/C14H22N4O3.ClH/c1-17(14(2-3-14)10-21-7-6-19)13(20)11-8-16-18-5-4-15-9-12(11)18;/h8,15,19H,2-7,9-10H2,1H3;1H. The molecule has 0 saturated heterocycles. The Hall–Kier alpha value is -1.15. The normalized spacial score (nSPS) is 18.3. The van der Waals surface area contributed by atoms with Crippen molar-refractivity contribution in [1.29, 1.82) is 0 Å².